The minimum Gasteiger partial charge on any atom is -0.464 e. The number of ether oxygens (including phenoxy) is 1. The predicted molar refractivity (Wildman–Crippen MR) is 88.9 cm³/mol. The number of hydrogen-bond donors (Lipinski definition) is 1. The summed E-state index contributed by atoms with van der Waals surface area (Å²) in [6.45, 7) is 4.00. The fraction of sp³-hybridized carbons (Fsp3) is 0.353. The molecule has 0 saturated heterocycles. The van der Waals surface area contributed by atoms with Gasteiger partial charge in [-0.3, -0.25) is 10.1 Å². The molecule has 1 aromatic heterocycles. The number of methoxy groups -OCH3 is 1. The van der Waals surface area contributed by atoms with E-state index in [1.165, 1.54) is 6.07 Å². The average molecular weight is 329 g/mol. The Hall–Kier alpha value is -2.85. The molecule has 2 aromatic rings. The summed E-state index contributed by atoms with van der Waals surface area (Å²) in [4.78, 5) is 10.7. The Morgan fingerprint density at radius 2 is 2.17 bits per heavy atom. The largest absolute Gasteiger partial charge is 0.464 e. The number of aryl methyl sites for hydroxylation is 1. The van der Waals surface area contributed by atoms with Gasteiger partial charge < -0.3 is 14.5 Å². The van der Waals surface area contributed by atoms with Gasteiger partial charge in [-0.25, -0.2) is 0 Å². The van der Waals surface area contributed by atoms with E-state index in [4.69, 9.17) is 14.4 Å². The Morgan fingerprint density at radius 1 is 1.42 bits per heavy atom. The number of furan rings is 1. The molecular weight excluding hydrogens is 310 g/mol. The van der Waals surface area contributed by atoms with Crippen LogP contribution in [0.5, 0.6) is 0 Å². The Bertz CT molecular complexity index is 777. The maximum absolute atomic E-state index is 11.2. The van der Waals surface area contributed by atoms with E-state index in [1.54, 1.807) is 20.1 Å². The number of anilines is 1. The van der Waals surface area contributed by atoms with E-state index in [9.17, 15) is 10.1 Å². The van der Waals surface area contributed by atoms with Crippen molar-refractivity contribution in [2.45, 2.75) is 26.3 Å². The molecule has 0 radical (unpaired) electrons. The lowest BCUT2D eigenvalue weighted by Crippen LogP contribution is -2.14. The Kier molecular flexibility index (Phi) is 5.55. The highest BCUT2D eigenvalue weighted by atomic mass is 16.6. The Balaban J connectivity index is 2.39. The van der Waals surface area contributed by atoms with Crippen LogP contribution in [0.3, 0.4) is 0 Å². The quantitative estimate of drug-likeness (QED) is 0.611. The zero-order valence-electron chi connectivity index (χ0n) is 13.8. The summed E-state index contributed by atoms with van der Waals surface area (Å²) >= 11 is 0. The summed E-state index contributed by atoms with van der Waals surface area (Å²) in [6, 6.07) is 8.35. The number of nitrogens with zero attached hydrogens (tertiary/aromatic N) is 2. The zero-order chi connectivity index (χ0) is 17.7. The van der Waals surface area contributed by atoms with Crippen molar-refractivity contribution in [1.82, 2.24) is 0 Å². The third-order valence-electron chi connectivity index (χ3n) is 3.75. The lowest BCUT2D eigenvalue weighted by molar-refractivity contribution is -0.385. The van der Waals surface area contributed by atoms with Crippen LogP contribution in [0.4, 0.5) is 11.4 Å². The van der Waals surface area contributed by atoms with Gasteiger partial charge in [0.25, 0.3) is 5.69 Å². The fourth-order valence-corrected chi connectivity index (χ4v) is 2.45. The molecule has 24 heavy (non-hydrogen) atoms. The molecule has 2 rings (SSSR count). The van der Waals surface area contributed by atoms with Gasteiger partial charge in [0.1, 0.15) is 11.5 Å². The highest BCUT2D eigenvalue weighted by Crippen LogP contribution is 2.32. The molecule has 1 atom stereocenters. The molecule has 0 bridgehead atoms. The fourth-order valence-electron chi connectivity index (χ4n) is 2.45. The van der Waals surface area contributed by atoms with E-state index in [0.717, 1.165) is 5.76 Å². The lowest BCUT2D eigenvalue weighted by Gasteiger charge is -2.19. The van der Waals surface area contributed by atoms with E-state index in [2.05, 4.69) is 5.32 Å². The minimum atomic E-state index is -0.484. The molecule has 0 aliphatic carbocycles. The number of nitro benzene ring substituents is 1. The molecule has 0 saturated carbocycles. The van der Waals surface area contributed by atoms with Crippen LogP contribution in [0.25, 0.3) is 0 Å². The average Bonchev–Trinajstić information content (AvgIpc) is 2.98. The normalized spacial score (nSPS) is 11.8. The van der Waals surface area contributed by atoms with Crippen LogP contribution in [0.1, 0.15) is 35.1 Å². The van der Waals surface area contributed by atoms with Crippen LogP contribution >= 0.6 is 0 Å². The first-order valence-corrected chi connectivity index (χ1v) is 7.47. The van der Waals surface area contributed by atoms with Gasteiger partial charge in [-0.15, -0.1) is 0 Å². The molecule has 1 heterocycles. The topological polar surface area (TPSA) is 101 Å². The molecule has 7 heteroatoms. The molecule has 1 N–H and O–H groups in total. The van der Waals surface area contributed by atoms with Crippen molar-refractivity contribution in [1.29, 1.82) is 5.26 Å². The molecule has 0 aliphatic heterocycles. The van der Waals surface area contributed by atoms with Crippen LogP contribution in [-0.2, 0) is 4.74 Å². The molecule has 7 nitrogen and oxygen atoms in total. The van der Waals surface area contributed by atoms with Crippen LogP contribution < -0.4 is 5.32 Å². The number of benzene rings is 1. The molecule has 126 valence electrons. The van der Waals surface area contributed by atoms with E-state index in [1.807, 2.05) is 25.1 Å². The zero-order valence-corrected chi connectivity index (χ0v) is 13.8. The van der Waals surface area contributed by atoms with Crippen LogP contribution in [-0.4, -0.2) is 18.6 Å². The van der Waals surface area contributed by atoms with Gasteiger partial charge in [0, 0.05) is 31.0 Å². The third-order valence-corrected chi connectivity index (χ3v) is 3.75. The molecule has 0 aliphatic rings. The summed E-state index contributed by atoms with van der Waals surface area (Å²) in [5, 5.41) is 23.6. The second-order valence-electron chi connectivity index (χ2n) is 5.46. The number of rotatable bonds is 7. The molecular formula is C17H19N3O4. The van der Waals surface area contributed by atoms with E-state index >= 15 is 0 Å². The van der Waals surface area contributed by atoms with E-state index < -0.39 is 4.92 Å². The van der Waals surface area contributed by atoms with Gasteiger partial charge in [0.15, 0.2) is 0 Å². The minimum absolute atomic E-state index is 0.0855. The first-order chi connectivity index (χ1) is 11.5. The first kappa shape index (κ1) is 17.5. The monoisotopic (exact) mass is 329 g/mol. The van der Waals surface area contributed by atoms with Crippen LogP contribution in [0, 0.1) is 35.3 Å². The Labute approximate surface area is 140 Å². The summed E-state index contributed by atoms with van der Waals surface area (Å²) in [5.41, 5.74) is 1.16. The summed E-state index contributed by atoms with van der Waals surface area (Å²) < 4.78 is 10.8. The highest BCUT2D eigenvalue weighted by molar-refractivity contribution is 5.64. The van der Waals surface area contributed by atoms with E-state index in [0.29, 0.717) is 30.0 Å². The van der Waals surface area contributed by atoms with Crippen molar-refractivity contribution in [2.24, 2.45) is 0 Å². The number of hydrogen-bond acceptors (Lipinski definition) is 6. The van der Waals surface area contributed by atoms with Crippen molar-refractivity contribution >= 4 is 11.4 Å². The summed E-state index contributed by atoms with van der Waals surface area (Å²) in [7, 11) is 1.61. The SMILES string of the molecule is COCCC(Nc1cc(C#N)cc([N+](=O)[O-])c1C)c1ccc(C)o1. The van der Waals surface area contributed by atoms with Crippen molar-refractivity contribution in [3.8, 4) is 6.07 Å². The smallest absolute Gasteiger partial charge is 0.275 e. The second-order valence-corrected chi connectivity index (χ2v) is 5.46. The van der Waals surface area contributed by atoms with Gasteiger partial charge >= 0.3 is 0 Å². The van der Waals surface area contributed by atoms with Crippen molar-refractivity contribution in [2.75, 3.05) is 19.0 Å². The van der Waals surface area contributed by atoms with Gasteiger partial charge in [-0.2, -0.15) is 5.26 Å². The molecule has 0 fully saturated rings. The summed E-state index contributed by atoms with van der Waals surface area (Å²) in [5.74, 6) is 1.50. The third kappa shape index (κ3) is 3.91. The lowest BCUT2D eigenvalue weighted by atomic mass is 10.1. The van der Waals surface area contributed by atoms with Gasteiger partial charge in [0.05, 0.1) is 22.6 Å². The number of nitro groups is 1. The van der Waals surface area contributed by atoms with Crippen molar-refractivity contribution in [3.63, 3.8) is 0 Å². The van der Waals surface area contributed by atoms with Gasteiger partial charge in [-0.1, -0.05) is 0 Å². The molecule has 1 aromatic carbocycles. The standard InChI is InChI=1S/C17H19N3O4/c1-11-4-5-17(24-11)14(6-7-23-3)19-15-8-13(10-18)9-16(12(15)2)20(21)22/h4-5,8-9,14,19H,6-7H2,1-3H3. The van der Waals surface area contributed by atoms with Crippen molar-refractivity contribution < 1.29 is 14.1 Å². The van der Waals surface area contributed by atoms with E-state index in [-0.39, 0.29) is 17.3 Å². The molecule has 1 unspecified atom stereocenters. The Morgan fingerprint density at radius 3 is 2.71 bits per heavy atom. The maximum atomic E-state index is 11.2. The second kappa shape index (κ2) is 7.62. The predicted octanol–water partition coefficient (Wildman–Crippen LogP) is 3.87. The molecule has 0 spiro atoms. The molecule has 0 amide bonds. The van der Waals surface area contributed by atoms with Gasteiger partial charge in [0.2, 0.25) is 0 Å². The highest BCUT2D eigenvalue weighted by Gasteiger charge is 2.21. The van der Waals surface area contributed by atoms with Crippen LogP contribution in [0.2, 0.25) is 0 Å². The van der Waals surface area contributed by atoms with Crippen LogP contribution in [0.15, 0.2) is 28.7 Å². The number of nitrogens with one attached hydrogen (secondary N) is 1. The number of nitriles is 1. The van der Waals surface area contributed by atoms with Gasteiger partial charge in [-0.05, 0) is 38.5 Å². The van der Waals surface area contributed by atoms with Crippen molar-refractivity contribution in [3.05, 3.63) is 57.0 Å². The first-order valence-electron chi connectivity index (χ1n) is 7.47. The summed E-state index contributed by atoms with van der Waals surface area (Å²) in [6.07, 6.45) is 0.619. The maximum Gasteiger partial charge on any atom is 0.275 e.